The van der Waals surface area contributed by atoms with Crippen LogP contribution in [0.4, 0.5) is 0 Å². The maximum Gasteiger partial charge on any atom is 0.330 e. The summed E-state index contributed by atoms with van der Waals surface area (Å²) in [5, 5.41) is 0. The Balaban J connectivity index is 2.23. The summed E-state index contributed by atoms with van der Waals surface area (Å²) in [5.74, 6) is -0.331. The van der Waals surface area contributed by atoms with Crippen LogP contribution in [-0.2, 0) is 14.3 Å². The normalized spacial score (nSPS) is 30.6. The predicted octanol–water partition coefficient (Wildman–Crippen LogP) is 0.503. The minimum Gasteiger partial charge on any atom is -0.466 e. The van der Waals surface area contributed by atoms with Crippen LogP contribution in [0.3, 0.4) is 0 Å². The van der Waals surface area contributed by atoms with Gasteiger partial charge >= 0.3 is 5.97 Å². The van der Waals surface area contributed by atoms with Crippen LogP contribution in [0.2, 0.25) is 0 Å². The third-order valence-electron chi connectivity index (χ3n) is 1.38. The summed E-state index contributed by atoms with van der Waals surface area (Å²) in [4.78, 5) is 10.5. The molecule has 0 bridgehead atoms. The Hall–Kier alpha value is -0.830. The summed E-state index contributed by atoms with van der Waals surface area (Å²) < 4.78 is 9.40. The van der Waals surface area contributed by atoms with E-state index in [0.717, 1.165) is 0 Å². The molecule has 1 aliphatic heterocycles. The van der Waals surface area contributed by atoms with Crippen LogP contribution in [0.25, 0.3) is 0 Å². The first kappa shape index (κ1) is 7.28. The average molecular weight is 142 g/mol. The van der Waals surface area contributed by atoms with Gasteiger partial charge < -0.3 is 9.47 Å². The lowest BCUT2D eigenvalue weighted by atomic mass is 10.3. The lowest BCUT2D eigenvalue weighted by molar-refractivity contribution is -0.134. The van der Waals surface area contributed by atoms with Crippen LogP contribution < -0.4 is 0 Å². The van der Waals surface area contributed by atoms with E-state index >= 15 is 0 Å². The quantitative estimate of drug-likeness (QED) is 0.320. The minimum absolute atomic E-state index is 0.124. The molecule has 0 radical (unpaired) electrons. The van der Waals surface area contributed by atoms with Gasteiger partial charge in [0.15, 0.2) is 0 Å². The Kier molecular flexibility index (Phi) is 2.06. The first-order valence-electron chi connectivity index (χ1n) is 3.15. The molecular formula is C7H10O3. The smallest absolute Gasteiger partial charge is 0.330 e. The van der Waals surface area contributed by atoms with Crippen LogP contribution in [0, 0.1) is 0 Å². The van der Waals surface area contributed by atoms with Crippen LogP contribution in [0.1, 0.15) is 6.92 Å². The van der Waals surface area contributed by atoms with Crippen molar-refractivity contribution in [2.45, 2.75) is 19.1 Å². The summed E-state index contributed by atoms with van der Waals surface area (Å²) >= 11 is 0. The SMILES string of the molecule is COC(=O)/C=C\[C@@H]1O[C@@H]1C. The van der Waals surface area contributed by atoms with Gasteiger partial charge in [-0.2, -0.15) is 0 Å². The van der Waals surface area contributed by atoms with E-state index in [9.17, 15) is 4.79 Å². The van der Waals surface area contributed by atoms with E-state index < -0.39 is 0 Å². The van der Waals surface area contributed by atoms with Crippen molar-refractivity contribution in [3.8, 4) is 0 Å². The second-order valence-electron chi connectivity index (χ2n) is 2.19. The molecular weight excluding hydrogens is 132 g/mol. The first-order chi connectivity index (χ1) is 4.74. The van der Waals surface area contributed by atoms with Crippen LogP contribution in [0.5, 0.6) is 0 Å². The molecule has 0 aromatic carbocycles. The predicted molar refractivity (Wildman–Crippen MR) is 35.5 cm³/mol. The average Bonchev–Trinajstić information content (AvgIpc) is 2.61. The molecule has 10 heavy (non-hydrogen) atoms. The molecule has 1 saturated heterocycles. The van der Waals surface area contributed by atoms with Gasteiger partial charge in [-0.3, -0.25) is 0 Å². The molecule has 0 N–H and O–H groups in total. The Morgan fingerprint density at radius 3 is 2.70 bits per heavy atom. The van der Waals surface area contributed by atoms with E-state index in [4.69, 9.17) is 4.74 Å². The Bertz CT molecular complexity index is 162. The minimum atomic E-state index is -0.331. The molecule has 1 heterocycles. The summed E-state index contributed by atoms with van der Waals surface area (Å²) in [5.41, 5.74) is 0. The molecule has 0 aromatic heterocycles. The van der Waals surface area contributed by atoms with E-state index in [2.05, 4.69) is 4.74 Å². The van der Waals surface area contributed by atoms with E-state index in [1.807, 2.05) is 6.92 Å². The maximum atomic E-state index is 10.5. The molecule has 3 nitrogen and oxygen atoms in total. The molecule has 0 unspecified atom stereocenters. The standard InChI is InChI=1S/C7H10O3/c1-5-6(10-5)3-4-7(8)9-2/h3-6H,1-2H3/b4-3-/t5-,6+/m1/s1. The highest BCUT2D eigenvalue weighted by atomic mass is 16.6. The van der Waals surface area contributed by atoms with Gasteiger partial charge in [-0.25, -0.2) is 4.79 Å². The highest BCUT2D eigenvalue weighted by Crippen LogP contribution is 2.21. The van der Waals surface area contributed by atoms with Crippen LogP contribution >= 0.6 is 0 Å². The Morgan fingerprint density at radius 2 is 2.30 bits per heavy atom. The highest BCUT2D eigenvalue weighted by molar-refractivity contribution is 5.81. The van der Waals surface area contributed by atoms with E-state index in [1.54, 1.807) is 6.08 Å². The van der Waals surface area contributed by atoms with Crippen molar-refractivity contribution in [1.82, 2.24) is 0 Å². The fourth-order valence-electron chi connectivity index (χ4n) is 0.646. The third kappa shape index (κ3) is 1.84. The fraction of sp³-hybridized carbons (Fsp3) is 0.571. The van der Waals surface area contributed by atoms with Crippen molar-refractivity contribution in [3.63, 3.8) is 0 Å². The lowest BCUT2D eigenvalue weighted by Crippen LogP contribution is -1.95. The molecule has 1 rings (SSSR count). The van der Waals surface area contributed by atoms with Gasteiger partial charge in [0.05, 0.1) is 13.2 Å². The number of esters is 1. The zero-order chi connectivity index (χ0) is 7.56. The van der Waals surface area contributed by atoms with Gasteiger partial charge in [0.2, 0.25) is 0 Å². The van der Waals surface area contributed by atoms with Gasteiger partial charge in [0, 0.05) is 6.08 Å². The number of carbonyl (C=O) groups is 1. The first-order valence-corrected chi connectivity index (χ1v) is 3.15. The monoisotopic (exact) mass is 142 g/mol. The molecule has 0 aliphatic carbocycles. The number of carbonyl (C=O) groups excluding carboxylic acids is 1. The maximum absolute atomic E-state index is 10.5. The molecule has 0 saturated carbocycles. The molecule has 56 valence electrons. The van der Waals surface area contributed by atoms with Crippen molar-refractivity contribution >= 4 is 5.97 Å². The number of hydrogen-bond donors (Lipinski definition) is 0. The van der Waals surface area contributed by atoms with Gasteiger partial charge in [0.25, 0.3) is 0 Å². The second-order valence-corrected chi connectivity index (χ2v) is 2.19. The number of rotatable bonds is 2. The molecule has 1 fully saturated rings. The Morgan fingerprint density at radius 1 is 1.70 bits per heavy atom. The van der Waals surface area contributed by atoms with Crippen molar-refractivity contribution in [1.29, 1.82) is 0 Å². The highest BCUT2D eigenvalue weighted by Gasteiger charge is 2.31. The van der Waals surface area contributed by atoms with Gasteiger partial charge in [-0.05, 0) is 13.0 Å². The van der Waals surface area contributed by atoms with E-state index in [1.165, 1.54) is 13.2 Å². The van der Waals surface area contributed by atoms with Gasteiger partial charge in [0.1, 0.15) is 6.10 Å². The number of epoxide rings is 1. The van der Waals surface area contributed by atoms with Crippen molar-refractivity contribution in [2.24, 2.45) is 0 Å². The molecule has 3 heteroatoms. The van der Waals surface area contributed by atoms with Gasteiger partial charge in [-0.1, -0.05) is 0 Å². The zero-order valence-corrected chi connectivity index (χ0v) is 6.03. The van der Waals surface area contributed by atoms with Gasteiger partial charge in [-0.15, -0.1) is 0 Å². The summed E-state index contributed by atoms with van der Waals surface area (Å²) in [6.07, 6.45) is 3.48. The van der Waals surface area contributed by atoms with Crippen molar-refractivity contribution < 1.29 is 14.3 Å². The van der Waals surface area contributed by atoms with Crippen molar-refractivity contribution in [2.75, 3.05) is 7.11 Å². The summed E-state index contributed by atoms with van der Waals surface area (Å²) in [6.45, 7) is 1.95. The van der Waals surface area contributed by atoms with E-state index in [-0.39, 0.29) is 18.2 Å². The largest absolute Gasteiger partial charge is 0.466 e. The molecule has 2 atom stereocenters. The second kappa shape index (κ2) is 2.84. The molecule has 0 amide bonds. The molecule has 1 aliphatic rings. The Labute approximate surface area is 59.6 Å². The summed E-state index contributed by atoms with van der Waals surface area (Å²) in [7, 11) is 1.35. The zero-order valence-electron chi connectivity index (χ0n) is 6.03. The summed E-state index contributed by atoms with van der Waals surface area (Å²) in [6, 6.07) is 0. The number of hydrogen-bond acceptors (Lipinski definition) is 3. The molecule has 0 aromatic rings. The van der Waals surface area contributed by atoms with E-state index in [0.29, 0.717) is 0 Å². The lowest BCUT2D eigenvalue weighted by Gasteiger charge is -1.86. The number of methoxy groups -OCH3 is 1. The van der Waals surface area contributed by atoms with Crippen molar-refractivity contribution in [3.05, 3.63) is 12.2 Å². The molecule has 0 spiro atoms. The topological polar surface area (TPSA) is 38.8 Å². The fourth-order valence-corrected chi connectivity index (χ4v) is 0.646. The van der Waals surface area contributed by atoms with Crippen LogP contribution in [0.15, 0.2) is 12.2 Å². The third-order valence-corrected chi connectivity index (χ3v) is 1.38. The number of ether oxygens (including phenoxy) is 2. The van der Waals surface area contributed by atoms with Crippen LogP contribution in [-0.4, -0.2) is 25.3 Å².